The van der Waals surface area contributed by atoms with Crippen molar-refractivity contribution in [2.75, 3.05) is 0 Å². The number of nitrogens with zero attached hydrogens (tertiary/aromatic N) is 3. The summed E-state index contributed by atoms with van der Waals surface area (Å²) in [6, 6.07) is 19.8. The third kappa shape index (κ3) is 3.23. The van der Waals surface area contributed by atoms with Gasteiger partial charge in [-0.2, -0.15) is 0 Å². The van der Waals surface area contributed by atoms with Gasteiger partial charge in [-0.05, 0) is 40.6 Å². The van der Waals surface area contributed by atoms with Crippen LogP contribution in [0.5, 0.6) is 0 Å². The lowest BCUT2D eigenvalue weighted by atomic mass is 10.1. The summed E-state index contributed by atoms with van der Waals surface area (Å²) >= 11 is 1.44. The van der Waals surface area contributed by atoms with Crippen molar-refractivity contribution < 1.29 is 9.18 Å². The van der Waals surface area contributed by atoms with Crippen LogP contribution in [0.2, 0.25) is 0 Å². The minimum absolute atomic E-state index is 0.282. The van der Waals surface area contributed by atoms with Crippen LogP contribution in [0.15, 0.2) is 78.2 Å². The maximum absolute atomic E-state index is 13.1. The van der Waals surface area contributed by atoms with Gasteiger partial charge >= 0.3 is 0 Å². The van der Waals surface area contributed by atoms with Gasteiger partial charge in [-0.3, -0.25) is 4.79 Å². The first kappa shape index (κ1) is 16.5. The highest BCUT2D eigenvalue weighted by molar-refractivity contribution is 7.98. The number of rotatable bonds is 4. The molecule has 0 atom stereocenters. The molecule has 0 saturated carbocycles. The number of carbonyl (C=O) groups is 1. The van der Waals surface area contributed by atoms with E-state index in [0.29, 0.717) is 16.5 Å². The van der Waals surface area contributed by atoms with Gasteiger partial charge in [-0.25, -0.2) is 8.96 Å². The van der Waals surface area contributed by atoms with Gasteiger partial charge in [0.2, 0.25) is 0 Å². The molecule has 1 heterocycles. The fraction of sp³-hybridized carbons (Fsp3) is 0.0500. The molecule has 4 rings (SSSR count). The molecule has 0 fully saturated rings. The molecule has 0 aliphatic heterocycles. The van der Waals surface area contributed by atoms with E-state index >= 15 is 0 Å². The summed E-state index contributed by atoms with van der Waals surface area (Å²) < 4.78 is 14.5. The predicted molar refractivity (Wildman–Crippen MR) is 99.7 cm³/mol. The molecular formula is C20H14FN3OS. The smallest absolute Gasteiger partial charge is 0.265 e. The van der Waals surface area contributed by atoms with Crippen LogP contribution in [0.25, 0.3) is 10.8 Å². The summed E-state index contributed by atoms with van der Waals surface area (Å²) in [4.78, 5) is 12.6. The van der Waals surface area contributed by atoms with Crippen LogP contribution in [0.3, 0.4) is 0 Å². The van der Waals surface area contributed by atoms with E-state index in [1.54, 1.807) is 0 Å². The molecule has 4 nitrogen and oxygen atoms in total. The summed E-state index contributed by atoms with van der Waals surface area (Å²) in [5, 5.41) is 10.8. The van der Waals surface area contributed by atoms with Crippen LogP contribution in [0.1, 0.15) is 15.9 Å². The molecule has 0 aliphatic carbocycles. The van der Waals surface area contributed by atoms with E-state index < -0.39 is 0 Å². The van der Waals surface area contributed by atoms with Crippen molar-refractivity contribution >= 4 is 28.4 Å². The van der Waals surface area contributed by atoms with E-state index in [-0.39, 0.29) is 11.7 Å². The second-order valence-electron chi connectivity index (χ2n) is 5.72. The zero-order valence-electron chi connectivity index (χ0n) is 13.7. The van der Waals surface area contributed by atoms with Crippen molar-refractivity contribution in [1.29, 1.82) is 0 Å². The van der Waals surface area contributed by atoms with Crippen LogP contribution in [-0.4, -0.2) is 20.7 Å². The molecule has 0 N–H and O–H groups in total. The van der Waals surface area contributed by atoms with Crippen molar-refractivity contribution in [1.82, 2.24) is 14.8 Å². The highest BCUT2D eigenvalue weighted by Gasteiger charge is 2.15. The Labute approximate surface area is 153 Å². The molecule has 0 saturated heterocycles. The van der Waals surface area contributed by atoms with Crippen LogP contribution < -0.4 is 0 Å². The van der Waals surface area contributed by atoms with Gasteiger partial charge in [0, 0.05) is 11.3 Å². The summed E-state index contributed by atoms with van der Waals surface area (Å²) in [6.07, 6.45) is 1.39. The number of halogens is 1. The van der Waals surface area contributed by atoms with E-state index in [1.165, 1.54) is 57.7 Å². The Morgan fingerprint density at radius 3 is 2.62 bits per heavy atom. The van der Waals surface area contributed by atoms with Crippen molar-refractivity contribution in [2.24, 2.45) is 0 Å². The normalized spacial score (nSPS) is 11.0. The highest BCUT2D eigenvalue weighted by Crippen LogP contribution is 2.26. The zero-order valence-corrected chi connectivity index (χ0v) is 14.5. The molecule has 1 aromatic heterocycles. The number of fused-ring (bicyclic) bond motifs is 1. The Bertz CT molecular complexity index is 1070. The molecular weight excluding hydrogens is 349 g/mol. The van der Waals surface area contributed by atoms with Crippen LogP contribution in [0, 0.1) is 5.82 Å². The largest absolute Gasteiger partial charge is 0.268 e. The molecule has 3 aromatic carbocycles. The van der Waals surface area contributed by atoms with E-state index in [4.69, 9.17) is 0 Å². The third-order valence-corrected chi connectivity index (χ3v) is 5.06. The molecule has 0 aliphatic rings. The van der Waals surface area contributed by atoms with Crippen molar-refractivity contribution in [3.63, 3.8) is 0 Å². The number of carbonyl (C=O) groups excluding carboxylic acids is 1. The maximum Gasteiger partial charge on any atom is 0.265 e. The lowest BCUT2D eigenvalue weighted by molar-refractivity contribution is 0.0950. The van der Waals surface area contributed by atoms with Gasteiger partial charge in [0.25, 0.3) is 5.91 Å². The minimum Gasteiger partial charge on any atom is -0.268 e. The molecule has 0 amide bonds. The summed E-state index contributed by atoms with van der Waals surface area (Å²) in [7, 11) is 0. The predicted octanol–water partition coefficient (Wildman–Crippen LogP) is 4.55. The number of benzene rings is 3. The van der Waals surface area contributed by atoms with Crippen LogP contribution >= 0.6 is 11.8 Å². The van der Waals surface area contributed by atoms with Gasteiger partial charge in [-0.1, -0.05) is 54.2 Å². The number of hydrogen-bond acceptors (Lipinski definition) is 4. The lowest BCUT2D eigenvalue weighted by Gasteiger charge is -2.07. The molecule has 6 heteroatoms. The first-order valence-electron chi connectivity index (χ1n) is 8.02. The average Bonchev–Trinajstić information content (AvgIpc) is 3.15. The second-order valence-corrected chi connectivity index (χ2v) is 6.67. The van der Waals surface area contributed by atoms with Crippen molar-refractivity contribution in [2.45, 2.75) is 10.9 Å². The highest BCUT2D eigenvalue weighted by atomic mass is 32.2. The van der Waals surface area contributed by atoms with E-state index in [1.807, 2.05) is 18.2 Å². The fourth-order valence-corrected chi connectivity index (χ4v) is 3.66. The Hall–Kier alpha value is -2.99. The second kappa shape index (κ2) is 7.09. The quantitative estimate of drug-likeness (QED) is 0.499. The van der Waals surface area contributed by atoms with Crippen molar-refractivity contribution in [3.8, 4) is 0 Å². The van der Waals surface area contributed by atoms with Crippen LogP contribution in [0.4, 0.5) is 4.39 Å². The minimum atomic E-state index is -0.379. The zero-order chi connectivity index (χ0) is 17.9. The fourth-order valence-electron chi connectivity index (χ4n) is 2.75. The summed E-state index contributed by atoms with van der Waals surface area (Å²) in [5.41, 5.74) is 1.55. The maximum atomic E-state index is 13.1. The van der Waals surface area contributed by atoms with Gasteiger partial charge in [0.1, 0.15) is 12.1 Å². The SMILES string of the molecule is O=C(c1ccc(F)cc1)n1cnnc1SCc1cccc2ccccc12. The average molecular weight is 363 g/mol. The molecule has 0 unspecified atom stereocenters. The molecule has 0 radical (unpaired) electrons. The molecule has 26 heavy (non-hydrogen) atoms. The number of hydrogen-bond donors (Lipinski definition) is 0. The lowest BCUT2D eigenvalue weighted by Crippen LogP contribution is -2.12. The van der Waals surface area contributed by atoms with Gasteiger partial charge in [-0.15, -0.1) is 10.2 Å². The molecule has 128 valence electrons. The van der Waals surface area contributed by atoms with E-state index in [9.17, 15) is 9.18 Å². The molecule has 4 aromatic rings. The Morgan fingerprint density at radius 2 is 1.77 bits per heavy atom. The summed E-state index contributed by atoms with van der Waals surface area (Å²) in [5.74, 6) is 0.00259. The molecule has 0 bridgehead atoms. The number of thioether (sulfide) groups is 1. The Kier molecular flexibility index (Phi) is 4.50. The molecule has 0 spiro atoms. The monoisotopic (exact) mass is 363 g/mol. The van der Waals surface area contributed by atoms with E-state index in [2.05, 4.69) is 34.5 Å². The van der Waals surface area contributed by atoms with Crippen molar-refractivity contribution in [3.05, 3.63) is 90.0 Å². The first-order chi connectivity index (χ1) is 12.7. The van der Waals surface area contributed by atoms with Gasteiger partial charge in [0.15, 0.2) is 5.16 Å². The van der Waals surface area contributed by atoms with Crippen LogP contribution in [-0.2, 0) is 5.75 Å². The topological polar surface area (TPSA) is 47.8 Å². The standard InChI is InChI=1S/C20H14FN3OS/c21-17-10-8-15(9-11-17)19(25)24-13-22-23-20(24)26-12-16-6-3-5-14-4-1-2-7-18(14)16/h1-11,13H,12H2. The summed E-state index contributed by atoms with van der Waals surface area (Å²) in [6.45, 7) is 0. The Balaban J connectivity index is 1.57. The Morgan fingerprint density at radius 1 is 1.00 bits per heavy atom. The number of aromatic nitrogens is 3. The first-order valence-corrected chi connectivity index (χ1v) is 9.01. The third-order valence-electron chi connectivity index (χ3n) is 4.06. The van der Waals surface area contributed by atoms with E-state index in [0.717, 1.165) is 5.56 Å². The van der Waals surface area contributed by atoms with Gasteiger partial charge in [0.05, 0.1) is 0 Å². The van der Waals surface area contributed by atoms with Gasteiger partial charge < -0.3 is 0 Å².